The molecule has 0 radical (unpaired) electrons. The number of hydrogen-bond donors (Lipinski definition) is 1. The molecule has 0 spiro atoms. The van der Waals surface area contributed by atoms with Crippen molar-refractivity contribution in [1.82, 2.24) is 5.43 Å². The fourth-order valence-corrected chi connectivity index (χ4v) is 1.99. The van der Waals surface area contributed by atoms with E-state index in [1.807, 2.05) is 0 Å². The first-order valence-corrected chi connectivity index (χ1v) is 6.03. The number of nitrogens with one attached hydrogen (secondary N) is 1. The number of rotatable bonds is 4. The van der Waals surface area contributed by atoms with Crippen LogP contribution < -0.4 is 10.3 Å². The second-order valence-electron chi connectivity index (χ2n) is 4.08. The van der Waals surface area contributed by atoms with E-state index in [9.17, 15) is 10.1 Å². The third kappa shape index (κ3) is 3.19. The van der Waals surface area contributed by atoms with Gasteiger partial charge in [-0.3, -0.25) is 10.1 Å². The Kier molecular flexibility index (Phi) is 4.30. The number of nitro benzene ring substituents is 1. The molecule has 1 fully saturated rings. The molecule has 1 aliphatic rings. The van der Waals surface area contributed by atoms with Crippen molar-refractivity contribution in [2.24, 2.45) is 5.10 Å². The van der Waals surface area contributed by atoms with Crippen molar-refractivity contribution in [3.05, 3.63) is 33.9 Å². The number of nitro groups is 1. The number of non-ortho nitro benzene ring substituents is 1. The van der Waals surface area contributed by atoms with Crippen LogP contribution in [0.4, 0.5) is 11.4 Å². The van der Waals surface area contributed by atoms with E-state index in [1.165, 1.54) is 12.1 Å². The Morgan fingerprint density at radius 1 is 1.47 bits per heavy atom. The number of hydrogen-bond acceptors (Lipinski definition) is 6. The number of anilines is 1. The van der Waals surface area contributed by atoms with Crippen LogP contribution >= 0.6 is 0 Å². The van der Waals surface area contributed by atoms with E-state index in [1.54, 1.807) is 19.3 Å². The van der Waals surface area contributed by atoms with Crippen molar-refractivity contribution in [2.75, 3.05) is 38.3 Å². The molecule has 19 heavy (non-hydrogen) atoms. The van der Waals surface area contributed by atoms with Crippen LogP contribution in [0.3, 0.4) is 0 Å². The van der Waals surface area contributed by atoms with Crippen LogP contribution in [0.25, 0.3) is 0 Å². The quantitative estimate of drug-likeness (QED) is 0.498. The zero-order chi connectivity index (χ0) is 13.7. The standard InChI is InChI=1S/C12H16N4O3/c1-13-14-9-10-8-11(16(17)18)2-3-12(10)15-4-6-19-7-5-15/h2-3,8-9,13H,4-7H2,1H3/b14-9-. The van der Waals surface area contributed by atoms with Crippen LogP contribution in [-0.2, 0) is 4.74 Å². The Morgan fingerprint density at radius 3 is 2.84 bits per heavy atom. The van der Waals surface area contributed by atoms with Crippen LogP contribution in [0, 0.1) is 10.1 Å². The van der Waals surface area contributed by atoms with Gasteiger partial charge in [-0.15, -0.1) is 0 Å². The van der Waals surface area contributed by atoms with E-state index < -0.39 is 4.92 Å². The molecule has 102 valence electrons. The molecule has 0 aliphatic carbocycles. The molecule has 2 rings (SSSR count). The van der Waals surface area contributed by atoms with Gasteiger partial charge in [-0.05, 0) is 6.07 Å². The molecular formula is C12H16N4O3. The molecule has 0 unspecified atom stereocenters. The summed E-state index contributed by atoms with van der Waals surface area (Å²) in [6, 6.07) is 4.81. The highest BCUT2D eigenvalue weighted by Crippen LogP contribution is 2.25. The monoisotopic (exact) mass is 264 g/mol. The highest BCUT2D eigenvalue weighted by molar-refractivity contribution is 5.89. The predicted molar refractivity (Wildman–Crippen MR) is 72.8 cm³/mol. The number of nitrogens with zero attached hydrogens (tertiary/aromatic N) is 3. The lowest BCUT2D eigenvalue weighted by Gasteiger charge is -2.29. The van der Waals surface area contributed by atoms with E-state index in [2.05, 4.69) is 15.4 Å². The van der Waals surface area contributed by atoms with Crippen LogP contribution in [0.5, 0.6) is 0 Å². The fourth-order valence-electron chi connectivity index (χ4n) is 1.99. The largest absolute Gasteiger partial charge is 0.378 e. The van der Waals surface area contributed by atoms with Gasteiger partial charge in [-0.25, -0.2) is 0 Å². The van der Waals surface area contributed by atoms with Crippen molar-refractivity contribution in [2.45, 2.75) is 0 Å². The third-order valence-electron chi connectivity index (χ3n) is 2.91. The average molecular weight is 264 g/mol. The highest BCUT2D eigenvalue weighted by Gasteiger charge is 2.17. The Bertz CT molecular complexity index is 484. The minimum absolute atomic E-state index is 0.0644. The van der Waals surface area contributed by atoms with Crippen LogP contribution in [0.1, 0.15) is 5.56 Å². The summed E-state index contributed by atoms with van der Waals surface area (Å²) in [5.74, 6) is 0. The first-order valence-electron chi connectivity index (χ1n) is 6.03. The second kappa shape index (κ2) is 6.14. The summed E-state index contributed by atoms with van der Waals surface area (Å²) in [6.07, 6.45) is 1.60. The van der Waals surface area contributed by atoms with Crippen molar-refractivity contribution < 1.29 is 9.66 Å². The van der Waals surface area contributed by atoms with Gasteiger partial charge in [-0.2, -0.15) is 5.10 Å². The summed E-state index contributed by atoms with van der Waals surface area (Å²) in [6.45, 7) is 2.88. The first-order chi connectivity index (χ1) is 9.22. The second-order valence-corrected chi connectivity index (χ2v) is 4.08. The summed E-state index contributed by atoms with van der Waals surface area (Å²) in [5, 5.41) is 14.8. The molecule has 0 aromatic heterocycles. The topological polar surface area (TPSA) is 80.0 Å². The third-order valence-corrected chi connectivity index (χ3v) is 2.91. The maximum Gasteiger partial charge on any atom is 0.270 e. The molecule has 0 amide bonds. The van der Waals surface area contributed by atoms with E-state index in [0.29, 0.717) is 13.2 Å². The zero-order valence-corrected chi connectivity index (χ0v) is 10.7. The van der Waals surface area contributed by atoms with E-state index in [-0.39, 0.29) is 5.69 Å². The summed E-state index contributed by atoms with van der Waals surface area (Å²) in [7, 11) is 1.68. The van der Waals surface area contributed by atoms with Crippen LogP contribution in [0.2, 0.25) is 0 Å². The molecule has 1 saturated heterocycles. The molecule has 1 heterocycles. The summed E-state index contributed by atoms with van der Waals surface area (Å²) in [4.78, 5) is 12.6. The Hall–Kier alpha value is -2.15. The average Bonchev–Trinajstić information content (AvgIpc) is 2.45. The van der Waals surface area contributed by atoms with Gasteiger partial charge in [0.15, 0.2) is 0 Å². The molecule has 0 saturated carbocycles. The predicted octanol–water partition coefficient (Wildman–Crippen LogP) is 0.985. The van der Waals surface area contributed by atoms with Gasteiger partial charge in [0.1, 0.15) is 0 Å². The Balaban J connectivity index is 2.34. The first kappa shape index (κ1) is 13.3. The molecule has 1 aromatic carbocycles. The maximum absolute atomic E-state index is 10.8. The lowest BCUT2D eigenvalue weighted by Crippen LogP contribution is -2.36. The highest BCUT2D eigenvalue weighted by atomic mass is 16.6. The molecular weight excluding hydrogens is 248 g/mol. The smallest absolute Gasteiger partial charge is 0.270 e. The lowest BCUT2D eigenvalue weighted by molar-refractivity contribution is -0.384. The SMILES string of the molecule is CN/N=C\c1cc([N+](=O)[O-])ccc1N1CCOCC1. The van der Waals surface area contributed by atoms with Gasteiger partial charge in [0.25, 0.3) is 5.69 Å². The molecule has 7 heteroatoms. The molecule has 1 N–H and O–H groups in total. The molecule has 1 aliphatic heterocycles. The normalized spacial score (nSPS) is 15.7. The summed E-state index contributed by atoms with van der Waals surface area (Å²) in [5.41, 5.74) is 4.38. The van der Waals surface area contributed by atoms with E-state index >= 15 is 0 Å². The number of ether oxygens (including phenoxy) is 1. The van der Waals surface area contributed by atoms with Gasteiger partial charge < -0.3 is 15.1 Å². The number of morpholine rings is 1. The van der Waals surface area contributed by atoms with Crippen LogP contribution in [0.15, 0.2) is 23.3 Å². The van der Waals surface area contributed by atoms with Gasteiger partial charge in [-0.1, -0.05) is 0 Å². The minimum Gasteiger partial charge on any atom is -0.378 e. The molecule has 1 aromatic rings. The Labute approximate surface area is 111 Å². The van der Waals surface area contributed by atoms with Gasteiger partial charge in [0.2, 0.25) is 0 Å². The van der Waals surface area contributed by atoms with Crippen molar-refractivity contribution >= 4 is 17.6 Å². The van der Waals surface area contributed by atoms with Crippen LogP contribution in [-0.4, -0.2) is 44.5 Å². The lowest BCUT2D eigenvalue weighted by atomic mass is 10.1. The number of hydrazone groups is 1. The fraction of sp³-hybridized carbons (Fsp3) is 0.417. The Morgan fingerprint density at radius 2 is 2.21 bits per heavy atom. The maximum atomic E-state index is 10.8. The summed E-state index contributed by atoms with van der Waals surface area (Å²) < 4.78 is 5.31. The van der Waals surface area contributed by atoms with Crippen molar-refractivity contribution in [3.8, 4) is 0 Å². The van der Waals surface area contributed by atoms with Gasteiger partial charge in [0.05, 0.1) is 24.4 Å². The molecule has 0 atom stereocenters. The van der Waals surface area contributed by atoms with Crippen molar-refractivity contribution in [3.63, 3.8) is 0 Å². The number of benzene rings is 1. The summed E-state index contributed by atoms with van der Waals surface area (Å²) >= 11 is 0. The zero-order valence-electron chi connectivity index (χ0n) is 10.7. The van der Waals surface area contributed by atoms with Gasteiger partial charge >= 0.3 is 0 Å². The van der Waals surface area contributed by atoms with Gasteiger partial charge in [0, 0.05) is 43.5 Å². The van der Waals surface area contributed by atoms with E-state index in [4.69, 9.17) is 4.74 Å². The van der Waals surface area contributed by atoms with E-state index in [0.717, 1.165) is 24.3 Å². The van der Waals surface area contributed by atoms with Crippen molar-refractivity contribution in [1.29, 1.82) is 0 Å². The minimum atomic E-state index is -0.403. The molecule has 0 bridgehead atoms. The molecule has 7 nitrogen and oxygen atoms in total.